The third kappa shape index (κ3) is 4.23. The number of hydrogen-bond donors (Lipinski definition) is 1. The van der Waals surface area contributed by atoms with E-state index in [-0.39, 0.29) is 12.0 Å². The van der Waals surface area contributed by atoms with E-state index in [0.29, 0.717) is 13.0 Å². The van der Waals surface area contributed by atoms with Gasteiger partial charge in [0, 0.05) is 6.61 Å². The van der Waals surface area contributed by atoms with Gasteiger partial charge in [0.2, 0.25) is 0 Å². The first-order valence-corrected chi connectivity index (χ1v) is 9.48. The number of aliphatic hydroxyl groups excluding tert-OH is 1. The van der Waals surface area contributed by atoms with Gasteiger partial charge >= 0.3 is 0 Å². The van der Waals surface area contributed by atoms with Crippen LogP contribution in [0, 0.1) is 0 Å². The summed E-state index contributed by atoms with van der Waals surface area (Å²) in [6.45, 7) is 11.9. The van der Waals surface area contributed by atoms with Crippen molar-refractivity contribution in [3.05, 3.63) is 34.9 Å². The zero-order chi connectivity index (χ0) is 13.8. The van der Waals surface area contributed by atoms with Crippen LogP contribution in [0.1, 0.15) is 37.5 Å². The quantitative estimate of drug-likeness (QED) is 0.830. The maximum atomic E-state index is 9.18. The van der Waals surface area contributed by atoms with E-state index >= 15 is 0 Å². The summed E-state index contributed by atoms with van der Waals surface area (Å²) < 4.78 is 5.91. The molecule has 0 saturated heterocycles. The standard InChI is InChI=1S/C15H26O2Si/c1-15(2,3)14-8-6-7-12(9-10-16)13(14)11-17-18(4)5/h6-8,16,18H,9-11H2,1-5H3. The Kier molecular flexibility index (Phi) is 5.57. The highest BCUT2D eigenvalue weighted by Gasteiger charge is 2.20. The fourth-order valence-electron chi connectivity index (χ4n) is 2.11. The van der Waals surface area contributed by atoms with Gasteiger partial charge in [-0.15, -0.1) is 0 Å². The minimum atomic E-state index is -1.02. The van der Waals surface area contributed by atoms with Crippen LogP contribution in [0.15, 0.2) is 18.2 Å². The molecule has 2 nitrogen and oxygen atoms in total. The monoisotopic (exact) mass is 266 g/mol. The molecule has 1 aromatic carbocycles. The molecular formula is C15H26O2Si. The lowest BCUT2D eigenvalue weighted by Crippen LogP contribution is -2.18. The van der Waals surface area contributed by atoms with Gasteiger partial charge in [-0.25, -0.2) is 0 Å². The summed E-state index contributed by atoms with van der Waals surface area (Å²) in [5.74, 6) is 0. The number of hydrogen-bond acceptors (Lipinski definition) is 2. The highest BCUT2D eigenvalue weighted by atomic mass is 28.3. The van der Waals surface area contributed by atoms with Gasteiger partial charge in [-0.3, -0.25) is 0 Å². The first-order chi connectivity index (χ1) is 8.36. The van der Waals surface area contributed by atoms with E-state index in [2.05, 4.69) is 52.1 Å². The molecule has 1 rings (SSSR count). The molecule has 0 heterocycles. The molecule has 0 atom stereocenters. The van der Waals surface area contributed by atoms with E-state index in [4.69, 9.17) is 4.43 Å². The van der Waals surface area contributed by atoms with Gasteiger partial charge in [-0.2, -0.15) is 0 Å². The van der Waals surface area contributed by atoms with Crippen LogP contribution >= 0.6 is 0 Å². The summed E-state index contributed by atoms with van der Waals surface area (Å²) in [4.78, 5) is 0. The topological polar surface area (TPSA) is 29.5 Å². The maximum absolute atomic E-state index is 9.18. The highest BCUT2D eigenvalue weighted by molar-refractivity contribution is 6.48. The van der Waals surface area contributed by atoms with Crippen LogP contribution in [0.25, 0.3) is 0 Å². The Bertz CT molecular complexity index is 381. The summed E-state index contributed by atoms with van der Waals surface area (Å²) in [6, 6.07) is 6.37. The molecule has 0 radical (unpaired) electrons. The molecule has 0 aliphatic heterocycles. The Morgan fingerprint density at radius 2 is 1.89 bits per heavy atom. The molecule has 0 bridgehead atoms. The van der Waals surface area contributed by atoms with Crippen LogP contribution in [-0.2, 0) is 22.9 Å². The second kappa shape index (κ2) is 6.50. The molecule has 0 unspecified atom stereocenters. The second-order valence-electron chi connectivity index (χ2n) is 6.03. The third-order valence-electron chi connectivity index (χ3n) is 3.02. The molecule has 102 valence electrons. The lowest BCUT2D eigenvalue weighted by atomic mass is 9.82. The van der Waals surface area contributed by atoms with Gasteiger partial charge < -0.3 is 9.53 Å². The Morgan fingerprint density at radius 1 is 1.22 bits per heavy atom. The summed E-state index contributed by atoms with van der Waals surface area (Å²) in [7, 11) is -1.02. The average Bonchev–Trinajstić information content (AvgIpc) is 2.26. The fraction of sp³-hybridized carbons (Fsp3) is 0.600. The fourth-order valence-corrected chi connectivity index (χ4v) is 2.61. The molecule has 0 aliphatic carbocycles. The molecule has 0 aromatic heterocycles. The minimum Gasteiger partial charge on any atom is -0.416 e. The number of benzene rings is 1. The minimum absolute atomic E-state index is 0.114. The van der Waals surface area contributed by atoms with E-state index in [1.807, 2.05) is 0 Å². The van der Waals surface area contributed by atoms with Crippen molar-refractivity contribution < 1.29 is 9.53 Å². The van der Waals surface area contributed by atoms with E-state index in [9.17, 15) is 5.11 Å². The number of aliphatic hydroxyl groups is 1. The second-order valence-corrected chi connectivity index (χ2v) is 8.46. The van der Waals surface area contributed by atoms with Crippen molar-refractivity contribution in [1.82, 2.24) is 0 Å². The molecular weight excluding hydrogens is 240 g/mol. The predicted octanol–water partition coefficient (Wildman–Crippen LogP) is 3.02. The molecule has 0 spiro atoms. The predicted molar refractivity (Wildman–Crippen MR) is 79.6 cm³/mol. The normalized spacial score (nSPS) is 12.2. The van der Waals surface area contributed by atoms with Crippen LogP contribution in [0.2, 0.25) is 13.1 Å². The third-order valence-corrected chi connectivity index (χ3v) is 3.86. The molecule has 3 heteroatoms. The average molecular weight is 266 g/mol. The van der Waals surface area contributed by atoms with Crippen LogP contribution in [0.5, 0.6) is 0 Å². The van der Waals surface area contributed by atoms with Crippen molar-refractivity contribution in [1.29, 1.82) is 0 Å². The van der Waals surface area contributed by atoms with E-state index in [0.717, 1.165) is 0 Å². The van der Waals surface area contributed by atoms with Gasteiger partial charge in [0.15, 0.2) is 9.04 Å². The van der Waals surface area contributed by atoms with Crippen LogP contribution in [-0.4, -0.2) is 20.8 Å². The molecule has 0 aliphatic rings. The van der Waals surface area contributed by atoms with Gasteiger partial charge in [-0.05, 0) is 41.6 Å². The van der Waals surface area contributed by atoms with E-state index in [1.54, 1.807) is 0 Å². The summed E-state index contributed by atoms with van der Waals surface area (Å²) in [6.07, 6.45) is 0.711. The lowest BCUT2D eigenvalue weighted by molar-refractivity contribution is 0.292. The van der Waals surface area contributed by atoms with Gasteiger partial charge in [0.05, 0.1) is 6.61 Å². The zero-order valence-corrected chi connectivity index (χ0v) is 13.4. The van der Waals surface area contributed by atoms with Crippen LogP contribution < -0.4 is 0 Å². The Balaban J connectivity index is 3.12. The summed E-state index contributed by atoms with van der Waals surface area (Å²) >= 11 is 0. The molecule has 1 N–H and O–H groups in total. The van der Waals surface area contributed by atoms with Crippen molar-refractivity contribution in [3.8, 4) is 0 Å². The van der Waals surface area contributed by atoms with Crippen LogP contribution in [0.4, 0.5) is 0 Å². The van der Waals surface area contributed by atoms with Crippen molar-refractivity contribution in [2.24, 2.45) is 0 Å². The van der Waals surface area contributed by atoms with Crippen molar-refractivity contribution >= 4 is 9.04 Å². The van der Waals surface area contributed by atoms with E-state index in [1.165, 1.54) is 16.7 Å². The van der Waals surface area contributed by atoms with Crippen LogP contribution in [0.3, 0.4) is 0 Å². The Labute approximate surface area is 113 Å². The molecule has 1 aromatic rings. The zero-order valence-electron chi connectivity index (χ0n) is 12.3. The molecule has 0 saturated carbocycles. The molecule has 0 fully saturated rings. The highest BCUT2D eigenvalue weighted by Crippen LogP contribution is 2.29. The van der Waals surface area contributed by atoms with Crippen molar-refractivity contribution in [2.45, 2.75) is 52.3 Å². The van der Waals surface area contributed by atoms with Gasteiger partial charge in [-0.1, -0.05) is 39.0 Å². The first kappa shape index (κ1) is 15.4. The molecule has 18 heavy (non-hydrogen) atoms. The Morgan fingerprint density at radius 3 is 2.39 bits per heavy atom. The van der Waals surface area contributed by atoms with Crippen molar-refractivity contribution in [3.63, 3.8) is 0 Å². The molecule has 0 amide bonds. The maximum Gasteiger partial charge on any atom is 0.171 e. The Hall–Kier alpha value is -0.643. The largest absolute Gasteiger partial charge is 0.416 e. The SMILES string of the molecule is C[SiH](C)OCc1c(CCO)cccc1C(C)(C)C. The van der Waals surface area contributed by atoms with Gasteiger partial charge in [0.25, 0.3) is 0 Å². The van der Waals surface area contributed by atoms with Crippen molar-refractivity contribution in [2.75, 3.05) is 6.61 Å². The van der Waals surface area contributed by atoms with E-state index < -0.39 is 9.04 Å². The smallest absolute Gasteiger partial charge is 0.171 e. The summed E-state index contributed by atoms with van der Waals surface area (Å²) in [5.41, 5.74) is 3.95. The first-order valence-electron chi connectivity index (χ1n) is 6.70. The van der Waals surface area contributed by atoms with Gasteiger partial charge in [0.1, 0.15) is 0 Å². The number of rotatable bonds is 5. The summed E-state index contributed by atoms with van der Waals surface area (Å²) in [5, 5.41) is 9.18. The lowest BCUT2D eigenvalue weighted by Gasteiger charge is -2.25.